The predicted octanol–water partition coefficient (Wildman–Crippen LogP) is 2.43. The molecule has 0 spiro atoms. The van der Waals surface area contributed by atoms with Gasteiger partial charge in [-0.15, -0.1) is 18.3 Å². The van der Waals surface area contributed by atoms with Crippen molar-refractivity contribution in [3.8, 4) is 11.4 Å². The molecule has 0 saturated heterocycles. The highest BCUT2D eigenvalue weighted by Gasteiger charge is 2.33. The second kappa shape index (κ2) is 9.99. The predicted molar refractivity (Wildman–Crippen MR) is 124 cm³/mol. The zero-order chi connectivity index (χ0) is 26.9. The summed E-state index contributed by atoms with van der Waals surface area (Å²) in [5, 5.41) is 15.7. The number of ether oxygens (including phenoxy) is 1. The lowest BCUT2D eigenvalue weighted by Gasteiger charge is -2.15. The molecule has 0 bridgehead atoms. The van der Waals surface area contributed by atoms with Gasteiger partial charge in [-0.1, -0.05) is 6.07 Å². The number of hydrogen-bond donors (Lipinski definition) is 3. The van der Waals surface area contributed by atoms with Crippen molar-refractivity contribution in [1.29, 1.82) is 0 Å². The average Bonchev–Trinajstić information content (AvgIpc) is 3.41. The molecule has 0 unspecified atom stereocenters. The van der Waals surface area contributed by atoms with Gasteiger partial charge >= 0.3 is 6.36 Å². The molecule has 11 nitrogen and oxygen atoms in total. The van der Waals surface area contributed by atoms with E-state index in [1.807, 2.05) is 16.7 Å². The number of fused-ring (bicyclic) bond motifs is 1. The zero-order valence-electron chi connectivity index (χ0n) is 19.6. The number of hydrogen-bond acceptors (Lipinski definition) is 8. The number of alkyl halides is 3. The van der Waals surface area contributed by atoms with Crippen LogP contribution in [0.5, 0.6) is 5.75 Å². The van der Waals surface area contributed by atoms with E-state index in [1.165, 1.54) is 24.6 Å². The Hall–Kier alpha value is -4.69. The van der Waals surface area contributed by atoms with Gasteiger partial charge in [0.2, 0.25) is 0 Å². The summed E-state index contributed by atoms with van der Waals surface area (Å²) >= 11 is 0. The Bertz CT molecular complexity index is 1490. The van der Waals surface area contributed by atoms with Gasteiger partial charge in [-0.2, -0.15) is 0 Å². The number of carbonyl (C=O) groups is 1. The number of nitrogens with one attached hydrogen (secondary N) is 2. The van der Waals surface area contributed by atoms with Gasteiger partial charge in [0.25, 0.3) is 5.91 Å². The maximum absolute atomic E-state index is 14.9. The maximum Gasteiger partial charge on any atom is 0.573 e. The van der Waals surface area contributed by atoms with Gasteiger partial charge in [-0.25, -0.2) is 14.1 Å². The normalized spacial score (nSPS) is 14.1. The summed E-state index contributed by atoms with van der Waals surface area (Å²) in [6.07, 6.45) is 3.58. The third-order valence-electron chi connectivity index (χ3n) is 5.81. The van der Waals surface area contributed by atoms with Crippen LogP contribution in [-0.2, 0) is 17.9 Å². The molecule has 5 rings (SSSR count). The monoisotopic (exact) mass is 531 g/mol. The summed E-state index contributed by atoms with van der Waals surface area (Å²) in [6.45, 7) is -0.247. The number of benzene rings is 1. The van der Waals surface area contributed by atoms with E-state index < -0.39 is 30.4 Å². The van der Waals surface area contributed by atoms with Crippen LogP contribution in [0.25, 0.3) is 11.3 Å². The fourth-order valence-electron chi connectivity index (χ4n) is 3.85. The maximum atomic E-state index is 14.9. The lowest BCUT2D eigenvalue weighted by atomic mass is 10.1. The summed E-state index contributed by atoms with van der Waals surface area (Å²) in [4.78, 5) is 17.0. The van der Waals surface area contributed by atoms with Crippen LogP contribution in [-0.4, -0.2) is 41.9 Å². The third-order valence-corrected chi connectivity index (χ3v) is 5.81. The Kier molecular flexibility index (Phi) is 6.57. The van der Waals surface area contributed by atoms with Crippen LogP contribution in [0.3, 0.4) is 0 Å². The Morgan fingerprint density at radius 3 is 2.71 bits per heavy atom. The molecule has 1 saturated carbocycles. The van der Waals surface area contributed by atoms with E-state index in [9.17, 15) is 22.4 Å². The molecule has 38 heavy (non-hydrogen) atoms. The number of nitrogens with zero attached hydrogens (tertiary/aromatic N) is 6. The van der Waals surface area contributed by atoms with E-state index in [1.54, 1.807) is 0 Å². The minimum Gasteiger partial charge on any atom is -0.403 e. The lowest BCUT2D eigenvalue weighted by molar-refractivity contribution is -0.275. The highest BCUT2D eigenvalue weighted by Crippen LogP contribution is 2.39. The van der Waals surface area contributed by atoms with Gasteiger partial charge in [0.15, 0.2) is 11.6 Å². The van der Waals surface area contributed by atoms with Crippen LogP contribution < -0.4 is 21.1 Å². The number of aromatic nitrogens is 6. The molecule has 0 radical (unpaired) electrons. The van der Waals surface area contributed by atoms with Crippen molar-refractivity contribution < 1.29 is 27.1 Å². The number of amides is 1. The molecule has 1 aromatic carbocycles. The van der Waals surface area contributed by atoms with E-state index in [4.69, 9.17) is 5.73 Å². The Labute approximate surface area is 212 Å². The lowest BCUT2D eigenvalue weighted by Crippen LogP contribution is -2.30. The molecule has 4 N–H and O–H groups in total. The minimum atomic E-state index is -5.11. The summed E-state index contributed by atoms with van der Waals surface area (Å²) in [6, 6.07) is 5.94. The molecule has 0 aliphatic heterocycles. The van der Waals surface area contributed by atoms with Gasteiger partial charge in [0, 0.05) is 30.7 Å². The van der Waals surface area contributed by atoms with Crippen molar-refractivity contribution in [1.82, 2.24) is 40.2 Å². The molecule has 1 fully saturated rings. The van der Waals surface area contributed by atoms with Gasteiger partial charge in [-0.3, -0.25) is 4.79 Å². The summed E-state index contributed by atoms with van der Waals surface area (Å²) in [7, 11) is 0. The van der Waals surface area contributed by atoms with Crippen LogP contribution in [0.4, 0.5) is 17.6 Å². The first-order chi connectivity index (χ1) is 18.2. The highest BCUT2D eigenvalue weighted by molar-refractivity contribution is 5.92. The molecule has 15 heteroatoms. The number of imidazole rings is 1. The average molecular weight is 531 g/mol. The first kappa shape index (κ1) is 25.0. The molecule has 198 valence electrons. The van der Waals surface area contributed by atoms with Gasteiger partial charge in [-0.05, 0) is 52.9 Å². The minimum absolute atomic E-state index is 0.000285. The van der Waals surface area contributed by atoms with E-state index in [0.29, 0.717) is 5.92 Å². The third kappa shape index (κ3) is 5.66. The van der Waals surface area contributed by atoms with Crippen LogP contribution in [0.2, 0.25) is 0 Å². The summed E-state index contributed by atoms with van der Waals surface area (Å²) in [5.41, 5.74) is 8.02. The van der Waals surface area contributed by atoms with Crippen LogP contribution in [0.1, 0.15) is 35.6 Å². The number of tetrazole rings is 1. The second-order valence-electron chi connectivity index (χ2n) is 8.58. The first-order valence-electron chi connectivity index (χ1n) is 11.4. The largest absolute Gasteiger partial charge is 0.573 e. The Morgan fingerprint density at radius 1 is 1.18 bits per heavy atom. The number of halogens is 4. The first-order valence-corrected chi connectivity index (χ1v) is 11.4. The standard InChI is InChI=1S/C23H21F4N9O2/c24-21-16(18(36-12-31-33-34-36)4-5-19(21)38-23(25,26)27)8-30-22(37)17(28)9-29-7-15-11-35-10-14(13-1-2-13)3-6-20(35)32-15/h3-6,9-13,29H,1-2,7-8,28H2,(H,30,37)/b17-9-. The number of nitrogens with two attached hydrogens (primary N) is 1. The second-order valence-corrected chi connectivity index (χ2v) is 8.58. The molecule has 3 heterocycles. The van der Waals surface area contributed by atoms with Crippen molar-refractivity contribution >= 4 is 11.6 Å². The summed E-state index contributed by atoms with van der Waals surface area (Å²) < 4.78 is 59.6. The Balaban J connectivity index is 1.24. The number of rotatable bonds is 9. The molecule has 1 aliphatic rings. The number of carbonyl (C=O) groups excluding carboxylic acids is 1. The molecule has 0 atom stereocenters. The van der Waals surface area contributed by atoms with Gasteiger partial charge < -0.3 is 25.5 Å². The fourth-order valence-corrected chi connectivity index (χ4v) is 3.85. The van der Waals surface area contributed by atoms with Crippen molar-refractivity contribution in [3.05, 3.63) is 77.5 Å². The number of pyridine rings is 1. The molecule has 1 aliphatic carbocycles. The van der Waals surface area contributed by atoms with E-state index in [0.717, 1.165) is 34.5 Å². The van der Waals surface area contributed by atoms with Crippen molar-refractivity contribution in [2.24, 2.45) is 5.73 Å². The van der Waals surface area contributed by atoms with E-state index >= 15 is 0 Å². The van der Waals surface area contributed by atoms with Crippen LogP contribution >= 0.6 is 0 Å². The van der Waals surface area contributed by atoms with Gasteiger partial charge in [0.05, 0.1) is 17.9 Å². The quantitative estimate of drug-likeness (QED) is 0.221. The topological polar surface area (TPSA) is 137 Å². The van der Waals surface area contributed by atoms with Gasteiger partial charge in [0.1, 0.15) is 17.7 Å². The van der Waals surface area contributed by atoms with E-state index in [-0.39, 0.29) is 23.5 Å². The Morgan fingerprint density at radius 2 is 2.00 bits per heavy atom. The zero-order valence-corrected chi connectivity index (χ0v) is 19.6. The van der Waals surface area contributed by atoms with Crippen molar-refractivity contribution in [2.75, 3.05) is 0 Å². The van der Waals surface area contributed by atoms with E-state index in [2.05, 4.69) is 48.1 Å². The molecular weight excluding hydrogens is 510 g/mol. The highest BCUT2D eigenvalue weighted by atomic mass is 19.4. The summed E-state index contributed by atoms with van der Waals surface area (Å²) in [5.74, 6) is -2.58. The van der Waals surface area contributed by atoms with Crippen LogP contribution in [0.15, 0.2) is 54.9 Å². The molecular formula is C23H21F4N9O2. The van der Waals surface area contributed by atoms with Crippen molar-refractivity contribution in [2.45, 2.75) is 38.2 Å². The van der Waals surface area contributed by atoms with Crippen LogP contribution in [0, 0.1) is 5.82 Å². The molecule has 1 amide bonds. The smallest absolute Gasteiger partial charge is 0.403 e. The fraction of sp³-hybridized carbons (Fsp3) is 0.261. The molecule has 3 aromatic heterocycles. The SMILES string of the molecule is N/C(=C\NCc1cn2cc(C3CC3)ccc2n1)C(=O)NCc1c(-n2cnnn2)ccc(OC(F)(F)F)c1F. The molecule has 4 aromatic rings. The van der Waals surface area contributed by atoms with Crippen molar-refractivity contribution in [3.63, 3.8) is 0 Å².